The summed E-state index contributed by atoms with van der Waals surface area (Å²) in [5.41, 5.74) is 0.712. The van der Waals surface area contributed by atoms with E-state index in [-0.39, 0.29) is 11.6 Å². The fourth-order valence-electron chi connectivity index (χ4n) is 1.62. The maximum atomic E-state index is 12.0. The third-order valence-electron chi connectivity index (χ3n) is 2.69. The summed E-state index contributed by atoms with van der Waals surface area (Å²) in [5.74, 6) is -0.267. The molecular weight excluding hydrogens is 381 g/mol. The normalized spacial score (nSPS) is 12.3. The van der Waals surface area contributed by atoms with E-state index in [1.165, 1.54) is 12.1 Å². The number of rotatable bonds is 6. The summed E-state index contributed by atoms with van der Waals surface area (Å²) in [5, 5.41) is 1.47. The van der Waals surface area contributed by atoms with Crippen molar-refractivity contribution in [2.45, 2.75) is 6.18 Å². The van der Waals surface area contributed by atoms with Crippen molar-refractivity contribution in [1.82, 2.24) is 4.98 Å². The molecular formula is C15H12ClF3N2O3S. The molecule has 0 unspecified atom stereocenters. The van der Waals surface area contributed by atoms with Gasteiger partial charge in [-0.2, -0.15) is 13.2 Å². The highest BCUT2D eigenvalue weighted by Crippen LogP contribution is 2.19. The van der Waals surface area contributed by atoms with Gasteiger partial charge in [0.25, 0.3) is 10.0 Å². The summed E-state index contributed by atoms with van der Waals surface area (Å²) in [4.78, 5) is 3.61. The van der Waals surface area contributed by atoms with Crippen LogP contribution in [0.1, 0.15) is 5.56 Å². The molecule has 1 heterocycles. The smallest absolute Gasteiger partial charge is 0.422 e. The molecule has 5 nitrogen and oxygen atoms in total. The Balaban J connectivity index is 1.99. The number of hydrogen-bond donors (Lipinski definition) is 1. The zero-order valence-electron chi connectivity index (χ0n) is 12.5. The monoisotopic (exact) mass is 392 g/mol. The summed E-state index contributed by atoms with van der Waals surface area (Å²) >= 11 is 5.73. The van der Waals surface area contributed by atoms with E-state index in [0.29, 0.717) is 10.6 Å². The molecule has 1 aromatic heterocycles. The average Bonchev–Trinajstić information content (AvgIpc) is 2.53. The number of pyridine rings is 1. The molecule has 0 aliphatic heterocycles. The lowest BCUT2D eigenvalue weighted by Gasteiger charge is -2.09. The van der Waals surface area contributed by atoms with Crippen molar-refractivity contribution in [3.05, 3.63) is 58.6 Å². The number of anilines is 1. The van der Waals surface area contributed by atoms with Gasteiger partial charge >= 0.3 is 6.18 Å². The highest BCUT2D eigenvalue weighted by molar-refractivity contribution is 7.95. The third-order valence-corrected chi connectivity index (χ3v) is 3.96. The summed E-state index contributed by atoms with van der Waals surface area (Å²) in [7, 11) is -3.82. The van der Waals surface area contributed by atoms with Crippen molar-refractivity contribution in [3.8, 4) is 5.88 Å². The van der Waals surface area contributed by atoms with Gasteiger partial charge in [-0.3, -0.25) is 4.72 Å². The van der Waals surface area contributed by atoms with Gasteiger partial charge in [0.2, 0.25) is 5.88 Å². The molecule has 0 aliphatic rings. The lowest BCUT2D eigenvalue weighted by molar-refractivity contribution is -0.154. The number of benzene rings is 1. The first kappa shape index (κ1) is 19.1. The van der Waals surface area contributed by atoms with Crippen LogP contribution in [0.5, 0.6) is 5.88 Å². The van der Waals surface area contributed by atoms with E-state index in [4.69, 9.17) is 11.6 Å². The van der Waals surface area contributed by atoms with Gasteiger partial charge in [0, 0.05) is 11.1 Å². The molecule has 25 heavy (non-hydrogen) atoms. The highest BCUT2D eigenvalue weighted by Gasteiger charge is 2.28. The van der Waals surface area contributed by atoms with Crippen LogP contribution in [0.15, 0.2) is 48.0 Å². The van der Waals surface area contributed by atoms with Gasteiger partial charge in [-0.1, -0.05) is 23.7 Å². The zero-order chi connectivity index (χ0) is 18.5. The number of halogens is 4. The second kappa shape index (κ2) is 7.75. The molecule has 2 rings (SSSR count). The van der Waals surface area contributed by atoms with Crippen LogP contribution in [-0.4, -0.2) is 26.2 Å². The first-order valence-electron chi connectivity index (χ1n) is 6.75. The molecule has 0 fully saturated rings. The second-order valence-electron chi connectivity index (χ2n) is 4.79. The molecule has 0 aliphatic carbocycles. The third kappa shape index (κ3) is 7.02. The summed E-state index contributed by atoms with van der Waals surface area (Å²) in [6.45, 7) is -1.48. The Hall–Kier alpha value is -2.26. The lowest BCUT2D eigenvalue weighted by atomic mass is 10.2. The quantitative estimate of drug-likeness (QED) is 0.804. The van der Waals surface area contributed by atoms with Crippen LogP contribution in [0.4, 0.5) is 18.9 Å². The van der Waals surface area contributed by atoms with Crippen LogP contribution in [0, 0.1) is 0 Å². The van der Waals surface area contributed by atoms with Gasteiger partial charge in [-0.25, -0.2) is 13.4 Å². The van der Waals surface area contributed by atoms with E-state index in [0.717, 1.165) is 17.7 Å². The summed E-state index contributed by atoms with van der Waals surface area (Å²) < 4.78 is 66.6. The molecule has 0 bridgehead atoms. The number of hydrogen-bond acceptors (Lipinski definition) is 4. The van der Waals surface area contributed by atoms with Crippen LogP contribution in [0.25, 0.3) is 6.08 Å². The predicted octanol–water partition coefficient (Wildman–Crippen LogP) is 4.09. The Morgan fingerprint density at radius 1 is 1.16 bits per heavy atom. The minimum atomic E-state index is -4.48. The van der Waals surface area contributed by atoms with Crippen LogP contribution < -0.4 is 9.46 Å². The Labute approximate surface area is 147 Å². The molecule has 10 heteroatoms. The minimum absolute atomic E-state index is 0.0834. The molecule has 0 saturated carbocycles. The van der Waals surface area contributed by atoms with Crippen LogP contribution in [-0.2, 0) is 10.0 Å². The van der Waals surface area contributed by atoms with Crippen molar-refractivity contribution in [2.75, 3.05) is 11.3 Å². The summed E-state index contributed by atoms with van der Waals surface area (Å²) in [6, 6.07) is 8.89. The Kier molecular flexibility index (Phi) is 5.91. The molecule has 1 N–H and O–H groups in total. The van der Waals surface area contributed by atoms with E-state index in [9.17, 15) is 21.6 Å². The zero-order valence-corrected chi connectivity index (χ0v) is 14.1. The van der Waals surface area contributed by atoms with Gasteiger partial charge in [0.1, 0.15) is 0 Å². The van der Waals surface area contributed by atoms with Crippen LogP contribution in [0.3, 0.4) is 0 Å². The average molecular weight is 393 g/mol. The molecule has 0 amide bonds. The molecule has 0 radical (unpaired) electrons. The fourth-order valence-corrected chi connectivity index (χ4v) is 2.60. The Morgan fingerprint density at radius 3 is 2.40 bits per heavy atom. The standard InChI is InChI=1S/C15H12ClF3N2O3S/c16-12-3-1-11(2-4-12)7-8-25(22,23)21-13-5-6-14(20-9-13)24-10-15(17,18)19/h1-9,21H,10H2/b8-7+. The van der Waals surface area contributed by atoms with Crippen LogP contribution >= 0.6 is 11.6 Å². The van der Waals surface area contributed by atoms with Gasteiger partial charge < -0.3 is 4.74 Å². The van der Waals surface area contributed by atoms with Crippen molar-refractivity contribution in [2.24, 2.45) is 0 Å². The van der Waals surface area contributed by atoms with Gasteiger partial charge in [-0.05, 0) is 29.8 Å². The van der Waals surface area contributed by atoms with Gasteiger partial charge in [-0.15, -0.1) is 0 Å². The molecule has 1 aromatic carbocycles. The van der Waals surface area contributed by atoms with Gasteiger partial charge in [0.05, 0.1) is 17.3 Å². The molecule has 134 valence electrons. The molecule has 2 aromatic rings. The topological polar surface area (TPSA) is 68.3 Å². The van der Waals surface area contributed by atoms with E-state index in [2.05, 4.69) is 14.4 Å². The van der Waals surface area contributed by atoms with Crippen molar-refractivity contribution in [1.29, 1.82) is 0 Å². The molecule has 0 atom stereocenters. The number of sulfonamides is 1. The second-order valence-corrected chi connectivity index (χ2v) is 6.79. The van der Waals surface area contributed by atoms with E-state index in [1.54, 1.807) is 24.3 Å². The number of nitrogens with one attached hydrogen (secondary N) is 1. The maximum absolute atomic E-state index is 12.0. The SMILES string of the molecule is O=S(=O)(/C=C/c1ccc(Cl)cc1)Nc1ccc(OCC(F)(F)F)nc1. The van der Waals surface area contributed by atoms with E-state index < -0.39 is 22.8 Å². The van der Waals surface area contributed by atoms with Crippen LogP contribution in [0.2, 0.25) is 5.02 Å². The summed E-state index contributed by atoms with van der Waals surface area (Å²) in [6.07, 6.45) is -2.05. The van der Waals surface area contributed by atoms with Crippen molar-refractivity contribution in [3.63, 3.8) is 0 Å². The first-order chi connectivity index (χ1) is 11.6. The number of aromatic nitrogens is 1. The Morgan fingerprint density at radius 2 is 1.84 bits per heavy atom. The number of alkyl halides is 3. The molecule has 0 spiro atoms. The molecule has 0 saturated heterocycles. The van der Waals surface area contributed by atoms with Gasteiger partial charge in [0.15, 0.2) is 6.61 Å². The lowest BCUT2D eigenvalue weighted by Crippen LogP contribution is -2.19. The number of ether oxygens (including phenoxy) is 1. The van der Waals surface area contributed by atoms with Crippen molar-refractivity contribution >= 4 is 33.4 Å². The minimum Gasteiger partial charge on any atom is -0.468 e. The van der Waals surface area contributed by atoms with E-state index >= 15 is 0 Å². The van der Waals surface area contributed by atoms with Crippen molar-refractivity contribution < 1.29 is 26.3 Å². The van der Waals surface area contributed by atoms with E-state index in [1.807, 2.05) is 0 Å². The Bertz CT molecular complexity index is 836. The fraction of sp³-hybridized carbons (Fsp3) is 0.133. The largest absolute Gasteiger partial charge is 0.468 e. The first-order valence-corrected chi connectivity index (χ1v) is 8.67. The maximum Gasteiger partial charge on any atom is 0.422 e. The highest BCUT2D eigenvalue weighted by atomic mass is 35.5. The predicted molar refractivity (Wildman–Crippen MR) is 88.8 cm³/mol. The number of nitrogens with zero attached hydrogens (tertiary/aromatic N) is 1.